The lowest BCUT2D eigenvalue weighted by atomic mass is 9.87. The summed E-state index contributed by atoms with van der Waals surface area (Å²) in [5.41, 5.74) is -1.26. The summed E-state index contributed by atoms with van der Waals surface area (Å²) in [7, 11) is 2.87. The van der Waals surface area contributed by atoms with E-state index in [1.165, 1.54) is 52.4 Å². The molecule has 2 aromatic carbocycles. The number of carbonyl (C=O) groups is 4. The third-order valence-electron chi connectivity index (χ3n) is 7.14. The maximum absolute atomic E-state index is 15.5. The Labute approximate surface area is 266 Å². The van der Waals surface area contributed by atoms with Crippen LogP contribution in [-0.2, 0) is 9.59 Å². The van der Waals surface area contributed by atoms with E-state index in [-0.39, 0.29) is 53.6 Å². The third kappa shape index (κ3) is 7.54. The van der Waals surface area contributed by atoms with Crippen LogP contribution in [0.3, 0.4) is 0 Å². The quantitative estimate of drug-likeness (QED) is 0.0943. The number of thiophene rings is 2. The van der Waals surface area contributed by atoms with Crippen LogP contribution < -0.4 is 18.9 Å². The number of aliphatic carboxylic acids is 2. The van der Waals surface area contributed by atoms with E-state index in [2.05, 4.69) is 0 Å². The van der Waals surface area contributed by atoms with Crippen molar-refractivity contribution >= 4 is 66.4 Å². The molecule has 2 heterocycles. The van der Waals surface area contributed by atoms with Gasteiger partial charge in [-0.15, -0.1) is 22.7 Å². The molecule has 0 radical (unpaired) electrons. The second-order valence-corrected chi connectivity index (χ2v) is 13.3. The van der Waals surface area contributed by atoms with Gasteiger partial charge in [-0.1, -0.05) is 6.92 Å². The monoisotopic (exact) mass is 660 g/mol. The lowest BCUT2D eigenvalue weighted by Gasteiger charge is -2.16. The molecule has 0 bridgehead atoms. The maximum atomic E-state index is 15.5. The second kappa shape index (κ2) is 13.8. The van der Waals surface area contributed by atoms with Crippen molar-refractivity contribution in [1.29, 1.82) is 0 Å². The Hall–Kier alpha value is -4.23. The largest absolute Gasteiger partial charge is 0.493 e. The first-order valence-corrected chi connectivity index (χ1v) is 15.6. The Morgan fingerprint density at radius 2 is 1.47 bits per heavy atom. The van der Waals surface area contributed by atoms with E-state index >= 15 is 4.39 Å². The predicted octanol–water partition coefficient (Wildman–Crippen LogP) is 7.10. The highest BCUT2D eigenvalue weighted by atomic mass is 32.1. The van der Waals surface area contributed by atoms with Crippen molar-refractivity contribution < 1.29 is 52.7 Å². The summed E-state index contributed by atoms with van der Waals surface area (Å²) >= 11 is 2.31. The Morgan fingerprint density at radius 1 is 0.844 bits per heavy atom. The number of ketones is 2. The standard InChI is InChI=1S/C32H33FO10S2/c1-16(30(36)37)9-19(34)26-11-17-10-22(21(40-4)13-24(17)44-26)42-7-6-8-43-29-23(41-5)14-25-18(28(29)33)12-27(45-25)20(35)15-32(2,3)31(38)39/h10-14,16H,6-9,15H2,1-5H3,(H,36,37)(H,38,39). The average Bonchev–Trinajstić information content (AvgIpc) is 3.61. The minimum atomic E-state index is -1.26. The van der Waals surface area contributed by atoms with Gasteiger partial charge in [0.15, 0.2) is 40.4 Å². The number of rotatable bonds is 16. The number of carboxylic acids is 2. The van der Waals surface area contributed by atoms with Crippen molar-refractivity contribution in [2.45, 2.75) is 40.0 Å². The summed E-state index contributed by atoms with van der Waals surface area (Å²) in [6, 6.07) is 8.18. The minimum absolute atomic E-state index is 0.0743. The van der Waals surface area contributed by atoms with Gasteiger partial charge in [0.25, 0.3) is 0 Å². The molecule has 0 amide bonds. The number of carbonyl (C=O) groups excluding carboxylic acids is 2. The molecule has 0 aliphatic carbocycles. The highest BCUT2D eigenvalue weighted by Gasteiger charge is 2.31. The SMILES string of the molecule is COc1cc2sc(C(=O)CC(C)C(=O)O)cc2cc1OCCCOc1c(OC)cc2sc(C(=O)CC(C)(C)C(=O)O)cc2c1F. The maximum Gasteiger partial charge on any atom is 0.309 e. The molecule has 0 saturated heterocycles. The molecule has 1 unspecified atom stereocenters. The first-order valence-electron chi connectivity index (χ1n) is 14.0. The molecule has 4 rings (SSSR count). The fourth-order valence-electron chi connectivity index (χ4n) is 4.42. The molecule has 45 heavy (non-hydrogen) atoms. The van der Waals surface area contributed by atoms with Crippen LogP contribution in [0.25, 0.3) is 20.2 Å². The van der Waals surface area contributed by atoms with Crippen LogP contribution >= 0.6 is 22.7 Å². The topological polar surface area (TPSA) is 146 Å². The van der Waals surface area contributed by atoms with Crippen LogP contribution in [-0.4, -0.2) is 61.2 Å². The summed E-state index contributed by atoms with van der Waals surface area (Å²) in [5, 5.41) is 19.4. The van der Waals surface area contributed by atoms with E-state index in [0.717, 1.165) is 21.4 Å². The van der Waals surface area contributed by atoms with Gasteiger partial charge in [-0.3, -0.25) is 19.2 Å². The predicted molar refractivity (Wildman–Crippen MR) is 168 cm³/mol. The van der Waals surface area contributed by atoms with Gasteiger partial charge in [0.05, 0.1) is 48.5 Å². The van der Waals surface area contributed by atoms with E-state index in [9.17, 15) is 24.3 Å². The highest BCUT2D eigenvalue weighted by molar-refractivity contribution is 7.21. The molecular formula is C32H33FO10S2. The van der Waals surface area contributed by atoms with E-state index in [1.807, 2.05) is 0 Å². The summed E-state index contributed by atoms with van der Waals surface area (Å²) in [5.74, 6) is -3.32. The summed E-state index contributed by atoms with van der Waals surface area (Å²) in [6.07, 6.45) is 0.0322. The summed E-state index contributed by atoms with van der Waals surface area (Å²) in [4.78, 5) is 48.6. The molecule has 2 aromatic heterocycles. The molecule has 0 aliphatic rings. The van der Waals surface area contributed by atoms with Crippen molar-refractivity contribution in [3.05, 3.63) is 45.9 Å². The van der Waals surface area contributed by atoms with Crippen molar-refractivity contribution in [2.75, 3.05) is 27.4 Å². The van der Waals surface area contributed by atoms with Gasteiger partial charge in [-0.25, -0.2) is 4.39 Å². The number of halogens is 1. The fraction of sp³-hybridized carbons (Fsp3) is 0.375. The lowest BCUT2D eigenvalue weighted by Crippen LogP contribution is -2.26. The number of hydrogen-bond acceptors (Lipinski definition) is 10. The van der Waals surface area contributed by atoms with Crippen LogP contribution in [0.15, 0.2) is 30.3 Å². The molecule has 0 spiro atoms. The number of Topliss-reactive ketones (excluding diaryl/α,β-unsaturated/α-hetero) is 2. The van der Waals surface area contributed by atoms with E-state index in [1.54, 1.807) is 24.3 Å². The molecule has 0 fully saturated rings. The molecule has 1 atom stereocenters. The zero-order valence-electron chi connectivity index (χ0n) is 25.4. The van der Waals surface area contributed by atoms with Crippen LogP contribution in [0.1, 0.15) is 59.4 Å². The van der Waals surface area contributed by atoms with Crippen molar-refractivity contribution in [3.63, 3.8) is 0 Å². The summed E-state index contributed by atoms with van der Waals surface area (Å²) in [6.45, 7) is 4.68. The van der Waals surface area contributed by atoms with Crippen molar-refractivity contribution in [1.82, 2.24) is 0 Å². The van der Waals surface area contributed by atoms with Crippen LogP contribution in [0.5, 0.6) is 23.0 Å². The summed E-state index contributed by atoms with van der Waals surface area (Å²) < 4.78 is 39.3. The van der Waals surface area contributed by atoms with Gasteiger partial charge in [0.2, 0.25) is 0 Å². The van der Waals surface area contributed by atoms with Gasteiger partial charge in [0.1, 0.15) is 0 Å². The van der Waals surface area contributed by atoms with Crippen molar-refractivity contribution in [3.8, 4) is 23.0 Å². The Bertz CT molecular complexity index is 1770. The molecule has 13 heteroatoms. The number of hydrogen-bond donors (Lipinski definition) is 2. The number of benzene rings is 2. The van der Waals surface area contributed by atoms with E-state index in [0.29, 0.717) is 27.5 Å². The first kappa shape index (κ1) is 33.7. The Balaban J connectivity index is 1.42. The van der Waals surface area contributed by atoms with Gasteiger partial charge < -0.3 is 29.2 Å². The van der Waals surface area contributed by atoms with Gasteiger partial charge in [-0.05, 0) is 37.4 Å². The minimum Gasteiger partial charge on any atom is -0.493 e. The number of fused-ring (bicyclic) bond motifs is 2. The Kier molecular flexibility index (Phi) is 10.3. The fourth-order valence-corrected chi connectivity index (χ4v) is 6.47. The van der Waals surface area contributed by atoms with Gasteiger partial charge in [-0.2, -0.15) is 0 Å². The highest BCUT2D eigenvalue weighted by Crippen LogP contribution is 2.41. The van der Waals surface area contributed by atoms with Crippen LogP contribution in [0.2, 0.25) is 0 Å². The molecule has 2 N–H and O–H groups in total. The normalized spacial score (nSPS) is 12.2. The molecule has 0 aliphatic heterocycles. The third-order valence-corrected chi connectivity index (χ3v) is 9.40. The Morgan fingerprint density at radius 3 is 2.11 bits per heavy atom. The van der Waals surface area contributed by atoms with Crippen LogP contribution in [0.4, 0.5) is 4.39 Å². The first-order chi connectivity index (χ1) is 21.2. The average molecular weight is 661 g/mol. The second-order valence-electron chi connectivity index (χ2n) is 11.1. The number of methoxy groups -OCH3 is 2. The smallest absolute Gasteiger partial charge is 0.309 e. The zero-order valence-corrected chi connectivity index (χ0v) is 27.0. The number of carboxylic acid groups (broad SMARTS) is 2. The van der Waals surface area contributed by atoms with E-state index < -0.39 is 34.9 Å². The number of ether oxygens (including phenoxy) is 4. The molecule has 4 aromatic rings. The lowest BCUT2D eigenvalue weighted by molar-refractivity contribution is -0.146. The zero-order chi connectivity index (χ0) is 33.1. The van der Waals surface area contributed by atoms with Gasteiger partial charge >= 0.3 is 11.9 Å². The molecule has 10 nitrogen and oxygen atoms in total. The van der Waals surface area contributed by atoms with E-state index in [4.69, 9.17) is 24.1 Å². The van der Waals surface area contributed by atoms with Gasteiger partial charge in [0, 0.05) is 46.2 Å². The molecular weight excluding hydrogens is 627 g/mol. The van der Waals surface area contributed by atoms with Crippen molar-refractivity contribution in [2.24, 2.45) is 11.3 Å². The molecule has 0 saturated carbocycles. The molecule has 240 valence electrons. The van der Waals surface area contributed by atoms with Crippen LogP contribution in [0, 0.1) is 17.2 Å².